The molecule has 36 heavy (non-hydrogen) atoms. The van der Waals surface area contributed by atoms with Crippen molar-refractivity contribution in [2.45, 2.75) is 51.6 Å². The van der Waals surface area contributed by atoms with Crippen LogP contribution in [0.5, 0.6) is 0 Å². The minimum Gasteiger partial charge on any atom is -0.381 e. The summed E-state index contributed by atoms with van der Waals surface area (Å²) in [6.07, 6.45) is 4.37. The monoisotopic (exact) mass is 496 g/mol. The average Bonchev–Trinajstić information content (AvgIpc) is 3.55. The van der Waals surface area contributed by atoms with Gasteiger partial charge in [0.05, 0.1) is 17.8 Å². The summed E-state index contributed by atoms with van der Waals surface area (Å²) in [5, 5.41) is 17.2. The standard InChI is InChI=1S/C25H33FN8O2/c1-15(2)19-14-29-34-22(19)32-24(30-18-6-9-36-10-7-18)33-25(34)28-12-16-3-4-20(26)21(11-16)31-23(35)17-5-8-27-13-17/h3-4,11,14-15,17-18,27H,5-10,12-13H2,1-2H3,(H,31,35)(H2,28,30,32,33). The number of halogens is 1. The first-order valence-electron chi connectivity index (χ1n) is 12.6. The molecule has 192 valence electrons. The van der Waals surface area contributed by atoms with Crippen LogP contribution in [0.4, 0.5) is 22.0 Å². The van der Waals surface area contributed by atoms with Crippen molar-refractivity contribution in [1.82, 2.24) is 24.9 Å². The number of nitrogens with one attached hydrogen (secondary N) is 4. The quantitative estimate of drug-likeness (QED) is 0.376. The minimum atomic E-state index is -0.459. The summed E-state index contributed by atoms with van der Waals surface area (Å²) in [5.41, 5.74) is 2.76. The van der Waals surface area contributed by atoms with Crippen molar-refractivity contribution in [3.63, 3.8) is 0 Å². The Morgan fingerprint density at radius 1 is 1.25 bits per heavy atom. The van der Waals surface area contributed by atoms with Gasteiger partial charge in [-0.15, -0.1) is 0 Å². The highest BCUT2D eigenvalue weighted by atomic mass is 19.1. The number of amides is 1. The first kappa shape index (κ1) is 24.4. The Morgan fingerprint density at radius 2 is 2.08 bits per heavy atom. The third kappa shape index (κ3) is 5.41. The molecule has 2 fully saturated rings. The molecule has 0 aliphatic carbocycles. The highest BCUT2D eigenvalue weighted by Crippen LogP contribution is 2.24. The summed E-state index contributed by atoms with van der Waals surface area (Å²) in [5.74, 6) is 0.559. The Kier molecular flexibility index (Phi) is 7.28. The van der Waals surface area contributed by atoms with Crippen LogP contribution in [0.1, 0.15) is 50.2 Å². The van der Waals surface area contributed by atoms with Crippen LogP contribution in [-0.2, 0) is 16.1 Å². The van der Waals surface area contributed by atoms with Crippen molar-refractivity contribution in [1.29, 1.82) is 0 Å². The fraction of sp³-hybridized carbons (Fsp3) is 0.520. The highest BCUT2D eigenvalue weighted by molar-refractivity contribution is 5.93. The minimum absolute atomic E-state index is 0.142. The maximum absolute atomic E-state index is 14.4. The van der Waals surface area contributed by atoms with Gasteiger partial charge in [0.25, 0.3) is 0 Å². The number of benzene rings is 1. The third-order valence-corrected chi connectivity index (χ3v) is 6.74. The maximum Gasteiger partial charge on any atom is 0.229 e. The van der Waals surface area contributed by atoms with Gasteiger partial charge in [0.2, 0.25) is 17.8 Å². The van der Waals surface area contributed by atoms with E-state index in [9.17, 15) is 9.18 Å². The van der Waals surface area contributed by atoms with Crippen LogP contribution in [0.2, 0.25) is 0 Å². The molecule has 0 bridgehead atoms. The number of nitrogens with zero attached hydrogens (tertiary/aromatic N) is 4. The zero-order chi connectivity index (χ0) is 25.1. The van der Waals surface area contributed by atoms with Gasteiger partial charge in [0, 0.05) is 37.9 Å². The molecule has 3 aromatic rings. The van der Waals surface area contributed by atoms with E-state index in [2.05, 4.69) is 40.2 Å². The lowest BCUT2D eigenvalue weighted by atomic mass is 10.1. The van der Waals surface area contributed by atoms with Gasteiger partial charge < -0.3 is 26.0 Å². The molecular formula is C25H33FN8O2. The average molecular weight is 497 g/mol. The second-order valence-electron chi connectivity index (χ2n) is 9.74. The lowest BCUT2D eigenvalue weighted by Gasteiger charge is -2.23. The van der Waals surface area contributed by atoms with Crippen molar-refractivity contribution < 1.29 is 13.9 Å². The fourth-order valence-electron chi connectivity index (χ4n) is 4.58. The van der Waals surface area contributed by atoms with E-state index in [4.69, 9.17) is 14.7 Å². The molecule has 2 aliphatic rings. The summed E-state index contributed by atoms with van der Waals surface area (Å²) in [6, 6.07) is 4.97. The van der Waals surface area contributed by atoms with E-state index in [1.165, 1.54) is 6.07 Å². The molecule has 1 atom stereocenters. The SMILES string of the molecule is CC(C)c1cnn2c(NCc3ccc(F)c(NC(=O)C4CCNC4)c3)nc(NC3CCOCC3)nc12. The molecule has 2 aromatic heterocycles. The predicted octanol–water partition coefficient (Wildman–Crippen LogP) is 3.14. The van der Waals surface area contributed by atoms with Crippen LogP contribution in [-0.4, -0.2) is 57.8 Å². The zero-order valence-corrected chi connectivity index (χ0v) is 20.7. The van der Waals surface area contributed by atoms with Crippen molar-refractivity contribution in [2.75, 3.05) is 42.3 Å². The summed E-state index contributed by atoms with van der Waals surface area (Å²) >= 11 is 0. The van der Waals surface area contributed by atoms with E-state index >= 15 is 0 Å². The molecule has 0 saturated carbocycles. The van der Waals surface area contributed by atoms with Crippen LogP contribution >= 0.6 is 0 Å². The van der Waals surface area contributed by atoms with Gasteiger partial charge in [-0.1, -0.05) is 19.9 Å². The Morgan fingerprint density at radius 3 is 2.83 bits per heavy atom. The Hall–Kier alpha value is -3.31. The summed E-state index contributed by atoms with van der Waals surface area (Å²) in [6.45, 7) is 7.43. The Balaban J connectivity index is 1.36. The van der Waals surface area contributed by atoms with Crippen LogP contribution in [0, 0.1) is 11.7 Å². The predicted molar refractivity (Wildman–Crippen MR) is 136 cm³/mol. The fourth-order valence-corrected chi connectivity index (χ4v) is 4.58. The van der Waals surface area contributed by atoms with Crippen molar-refractivity contribution in [3.8, 4) is 0 Å². The molecule has 1 unspecified atom stereocenters. The van der Waals surface area contributed by atoms with E-state index in [1.54, 1.807) is 16.6 Å². The molecule has 1 amide bonds. The zero-order valence-electron chi connectivity index (χ0n) is 20.7. The van der Waals surface area contributed by atoms with Crippen LogP contribution < -0.4 is 21.3 Å². The number of hydrogen-bond donors (Lipinski definition) is 4. The topological polar surface area (TPSA) is 118 Å². The van der Waals surface area contributed by atoms with Gasteiger partial charge in [-0.3, -0.25) is 4.79 Å². The molecule has 2 saturated heterocycles. The highest BCUT2D eigenvalue weighted by Gasteiger charge is 2.23. The molecule has 4 N–H and O–H groups in total. The number of rotatable bonds is 8. The largest absolute Gasteiger partial charge is 0.381 e. The van der Waals surface area contributed by atoms with Gasteiger partial charge in [-0.2, -0.15) is 19.6 Å². The van der Waals surface area contributed by atoms with E-state index in [-0.39, 0.29) is 29.5 Å². The van der Waals surface area contributed by atoms with Crippen LogP contribution in [0.15, 0.2) is 24.4 Å². The molecule has 11 heteroatoms. The lowest BCUT2D eigenvalue weighted by Crippen LogP contribution is -2.29. The number of anilines is 3. The molecule has 2 aliphatic heterocycles. The molecule has 1 aromatic carbocycles. The van der Waals surface area contributed by atoms with Crippen molar-refractivity contribution >= 4 is 29.1 Å². The number of aromatic nitrogens is 4. The van der Waals surface area contributed by atoms with Gasteiger partial charge in [0.1, 0.15) is 5.82 Å². The van der Waals surface area contributed by atoms with Crippen molar-refractivity contribution in [2.24, 2.45) is 5.92 Å². The summed E-state index contributed by atoms with van der Waals surface area (Å²) < 4.78 is 21.6. The number of ether oxygens (including phenoxy) is 1. The van der Waals surface area contributed by atoms with E-state index < -0.39 is 5.82 Å². The molecule has 5 rings (SSSR count). The number of hydrogen-bond acceptors (Lipinski definition) is 8. The van der Waals surface area contributed by atoms with E-state index in [0.29, 0.717) is 25.0 Å². The first-order chi connectivity index (χ1) is 17.5. The molecule has 10 nitrogen and oxygen atoms in total. The number of carbonyl (C=O) groups is 1. The van der Waals surface area contributed by atoms with Crippen LogP contribution in [0.3, 0.4) is 0 Å². The second kappa shape index (κ2) is 10.8. The summed E-state index contributed by atoms with van der Waals surface area (Å²) in [4.78, 5) is 21.9. The van der Waals surface area contributed by atoms with Gasteiger partial charge in [-0.05, 0) is 49.4 Å². The first-order valence-corrected chi connectivity index (χ1v) is 12.6. The molecule has 0 spiro atoms. The maximum atomic E-state index is 14.4. The Labute approximate surface area is 209 Å². The van der Waals surface area contributed by atoms with Crippen molar-refractivity contribution in [3.05, 3.63) is 41.3 Å². The molecule has 4 heterocycles. The van der Waals surface area contributed by atoms with E-state index in [1.807, 2.05) is 6.20 Å². The van der Waals surface area contributed by atoms with E-state index in [0.717, 1.165) is 55.8 Å². The number of carbonyl (C=O) groups excluding carboxylic acids is 1. The third-order valence-electron chi connectivity index (χ3n) is 6.74. The van der Waals surface area contributed by atoms with Crippen LogP contribution in [0.25, 0.3) is 5.65 Å². The number of fused-ring (bicyclic) bond motifs is 1. The Bertz CT molecular complexity index is 1220. The lowest BCUT2D eigenvalue weighted by molar-refractivity contribution is -0.119. The van der Waals surface area contributed by atoms with Gasteiger partial charge >= 0.3 is 0 Å². The summed E-state index contributed by atoms with van der Waals surface area (Å²) in [7, 11) is 0. The van der Waals surface area contributed by atoms with Gasteiger partial charge in [-0.25, -0.2) is 4.39 Å². The molecule has 0 radical (unpaired) electrons. The smallest absolute Gasteiger partial charge is 0.229 e. The van der Waals surface area contributed by atoms with Gasteiger partial charge in [0.15, 0.2) is 5.65 Å². The normalized spacial score (nSPS) is 18.6. The molecular weight excluding hydrogens is 463 g/mol. The second-order valence-corrected chi connectivity index (χ2v) is 9.74.